The van der Waals surface area contributed by atoms with Crippen molar-refractivity contribution < 1.29 is 0 Å². The number of fused-ring (bicyclic) bond motifs is 3. The largest absolute Gasteiger partial charge is 0.256 e. The zero-order valence-corrected chi connectivity index (χ0v) is 15.3. The minimum absolute atomic E-state index is 1.05. The van der Waals surface area contributed by atoms with Crippen LogP contribution >= 0.6 is 11.3 Å². The molecule has 0 atom stereocenters. The monoisotopic (exact) mass is 351 g/mol. The number of pyridine rings is 1. The van der Waals surface area contributed by atoms with E-state index in [0.29, 0.717) is 0 Å². The predicted molar refractivity (Wildman–Crippen MR) is 113 cm³/mol. The van der Waals surface area contributed by atoms with Crippen LogP contribution < -0.4 is 0 Å². The SMILES string of the molecule is Cc1ccnc(-c2cccc3c2sc2ccc(-c4ccccc4)cc23)c1. The van der Waals surface area contributed by atoms with Gasteiger partial charge in [-0.2, -0.15) is 0 Å². The molecule has 0 saturated carbocycles. The van der Waals surface area contributed by atoms with Crippen molar-refractivity contribution in [2.45, 2.75) is 6.92 Å². The number of hydrogen-bond acceptors (Lipinski definition) is 2. The first-order valence-electron chi connectivity index (χ1n) is 8.73. The van der Waals surface area contributed by atoms with Gasteiger partial charge in [0.05, 0.1) is 5.69 Å². The number of aromatic nitrogens is 1. The zero-order chi connectivity index (χ0) is 17.5. The second-order valence-electron chi connectivity index (χ2n) is 6.58. The molecule has 1 nitrogen and oxygen atoms in total. The van der Waals surface area contributed by atoms with Crippen molar-refractivity contribution in [1.29, 1.82) is 0 Å². The van der Waals surface area contributed by atoms with Gasteiger partial charge in [0.1, 0.15) is 0 Å². The summed E-state index contributed by atoms with van der Waals surface area (Å²) in [6.45, 7) is 2.11. The summed E-state index contributed by atoms with van der Waals surface area (Å²) in [6.07, 6.45) is 1.89. The fraction of sp³-hybridized carbons (Fsp3) is 0.0417. The predicted octanol–water partition coefficient (Wildman–Crippen LogP) is 7.09. The summed E-state index contributed by atoms with van der Waals surface area (Å²) in [5, 5.41) is 2.63. The van der Waals surface area contributed by atoms with Gasteiger partial charge in [-0.05, 0) is 47.9 Å². The van der Waals surface area contributed by atoms with E-state index in [-0.39, 0.29) is 0 Å². The molecule has 5 aromatic rings. The average molecular weight is 351 g/mol. The first-order valence-corrected chi connectivity index (χ1v) is 9.55. The van der Waals surface area contributed by atoms with E-state index in [4.69, 9.17) is 0 Å². The minimum atomic E-state index is 1.05. The van der Waals surface area contributed by atoms with Crippen molar-refractivity contribution in [3.8, 4) is 22.4 Å². The van der Waals surface area contributed by atoms with Gasteiger partial charge in [0.15, 0.2) is 0 Å². The molecule has 0 bridgehead atoms. The lowest BCUT2D eigenvalue weighted by Gasteiger charge is -2.04. The van der Waals surface area contributed by atoms with E-state index in [1.807, 2.05) is 23.6 Å². The molecule has 0 aliphatic carbocycles. The Bertz CT molecular complexity index is 1240. The summed E-state index contributed by atoms with van der Waals surface area (Å²) in [6, 6.07) is 28.1. The van der Waals surface area contributed by atoms with E-state index in [2.05, 4.69) is 84.7 Å². The Labute approximate surface area is 156 Å². The Morgan fingerprint density at radius 2 is 1.62 bits per heavy atom. The minimum Gasteiger partial charge on any atom is -0.256 e. The van der Waals surface area contributed by atoms with Crippen LogP contribution in [0, 0.1) is 6.92 Å². The maximum atomic E-state index is 4.60. The van der Waals surface area contributed by atoms with Gasteiger partial charge in [0.25, 0.3) is 0 Å². The van der Waals surface area contributed by atoms with Crippen molar-refractivity contribution >= 4 is 31.5 Å². The molecule has 0 aliphatic rings. The number of aryl methyl sites for hydroxylation is 1. The molecule has 0 radical (unpaired) electrons. The van der Waals surface area contributed by atoms with E-state index in [0.717, 1.165) is 5.69 Å². The van der Waals surface area contributed by atoms with Crippen LogP contribution in [0.1, 0.15) is 5.56 Å². The van der Waals surface area contributed by atoms with Gasteiger partial charge < -0.3 is 0 Å². The molecule has 2 heterocycles. The molecule has 0 N–H and O–H groups in total. The fourth-order valence-corrected chi connectivity index (χ4v) is 4.70. The first kappa shape index (κ1) is 15.3. The molecule has 0 fully saturated rings. The van der Waals surface area contributed by atoms with E-state index in [1.54, 1.807) is 0 Å². The Morgan fingerprint density at radius 3 is 2.46 bits per heavy atom. The average Bonchev–Trinajstić information content (AvgIpc) is 3.06. The topological polar surface area (TPSA) is 12.9 Å². The Kier molecular flexibility index (Phi) is 3.58. The normalized spacial score (nSPS) is 11.3. The smallest absolute Gasteiger partial charge is 0.0719 e. The van der Waals surface area contributed by atoms with Crippen molar-refractivity contribution in [3.05, 3.63) is 90.6 Å². The highest BCUT2D eigenvalue weighted by Gasteiger charge is 2.12. The summed E-state index contributed by atoms with van der Waals surface area (Å²) >= 11 is 1.85. The van der Waals surface area contributed by atoms with Gasteiger partial charge in [0.2, 0.25) is 0 Å². The number of hydrogen-bond donors (Lipinski definition) is 0. The number of nitrogens with zero attached hydrogens (tertiary/aromatic N) is 1. The third-order valence-corrected chi connectivity index (χ3v) is 6.02. The van der Waals surface area contributed by atoms with Crippen LogP contribution in [0.5, 0.6) is 0 Å². The van der Waals surface area contributed by atoms with Crippen molar-refractivity contribution in [2.75, 3.05) is 0 Å². The van der Waals surface area contributed by atoms with Crippen LogP contribution in [-0.2, 0) is 0 Å². The maximum Gasteiger partial charge on any atom is 0.0719 e. The summed E-state index contributed by atoms with van der Waals surface area (Å²) < 4.78 is 2.63. The van der Waals surface area contributed by atoms with Gasteiger partial charge in [-0.3, -0.25) is 4.98 Å². The second kappa shape index (κ2) is 6.08. The molecule has 0 aliphatic heterocycles. The van der Waals surface area contributed by atoms with Crippen LogP contribution in [0.2, 0.25) is 0 Å². The zero-order valence-electron chi connectivity index (χ0n) is 14.4. The molecular weight excluding hydrogens is 334 g/mol. The van der Waals surface area contributed by atoms with Gasteiger partial charge >= 0.3 is 0 Å². The lowest BCUT2D eigenvalue weighted by molar-refractivity contribution is 1.29. The number of thiophene rings is 1. The lowest BCUT2D eigenvalue weighted by atomic mass is 10.0. The van der Waals surface area contributed by atoms with E-state index in [9.17, 15) is 0 Å². The fourth-order valence-electron chi connectivity index (χ4n) is 3.49. The molecule has 3 aromatic carbocycles. The van der Waals surface area contributed by atoms with Crippen LogP contribution in [0.3, 0.4) is 0 Å². The molecule has 5 rings (SSSR count). The first-order chi connectivity index (χ1) is 12.8. The van der Waals surface area contributed by atoms with Crippen molar-refractivity contribution in [2.24, 2.45) is 0 Å². The lowest BCUT2D eigenvalue weighted by Crippen LogP contribution is -1.84. The summed E-state index contributed by atoms with van der Waals surface area (Å²) in [4.78, 5) is 4.60. The molecule has 26 heavy (non-hydrogen) atoms. The Hall–Kier alpha value is -2.97. The summed E-state index contributed by atoms with van der Waals surface area (Å²) in [5.41, 5.74) is 6.01. The molecule has 2 heteroatoms. The van der Waals surface area contributed by atoms with Crippen molar-refractivity contribution in [3.63, 3.8) is 0 Å². The van der Waals surface area contributed by atoms with Crippen molar-refractivity contribution in [1.82, 2.24) is 4.98 Å². The van der Waals surface area contributed by atoms with Gasteiger partial charge in [-0.15, -0.1) is 11.3 Å². The molecule has 0 unspecified atom stereocenters. The molecule has 0 saturated heterocycles. The van der Waals surface area contributed by atoms with Gasteiger partial charge in [0, 0.05) is 31.9 Å². The maximum absolute atomic E-state index is 4.60. The van der Waals surface area contributed by atoms with Gasteiger partial charge in [-0.1, -0.05) is 54.6 Å². The Balaban J connectivity index is 1.76. The van der Waals surface area contributed by atoms with E-state index >= 15 is 0 Å². The van der Waals surface area contributed by atoms with Crippen LogP contribution in [0.15, 0.2) is 85.1 Å². The third kappa shape index (κ3) is 2.51. The van der Waals surface area contributed by atoms with Crippen LogP contribution in [0.25, 0.3) is 42.6 Å². The summed E-state index contributed by atoms with van der Waals surface area (Å²) in [5.74, 6) is 0. The highest BCUT2D eigenvalue weighted by Crippen LogP contribution is 2.40. The molecular formula is C24H17NS. The van der Waals surface area contributed by atoms with Crippen LogP contribution in [-0.4, -0.2) is 4.98 Å². The van der Waals surface area contributed by atoms with E-state index < -0.39 is 0 Å². The molecule has 124 valence electrons. The molecule has 2 aromatic heterocycles. The second-order valence-corrected chi connectivity index (χ2v) is 7.63. The molecule has 0 spiro atoms. The quantitative estimate of drug-likeness (QED) is 0.331. The van der Waals surface area contributed by atoms with Gasteiger partial charge in [-0.25, -0.2) is 0 Å². The summed E-state index contributed by atoms with van der Waals surface area (Å²) in [7, 11) is 0. The van der Waals surface area contributed by atoms with Crippen LogP contribution in [0.4, 0.5) is 0 Å². The highest BCUT2D eigenvalue weighted by atomic mass is 32.1. The number of rotatable bonds is 2. The third-order valence-electron chi connectivity index (χ3n) is 4.80. The van der Waals surface area contributed by atoms with E-state index in [1.165, 1.54) is 42.4 Å². The number of benzene rings is 3. The standard InChI is InChI=1S/C24H17NS/c1-16-12-13-25-22(14-16)20-9-5-8-19-21-15-18(17-6-3-2-4-7-17)10-11-23(21)26-24(19)20/h2-15H,1H3. The molecule has 0 amide bonds. The highest BCUT2D eigenvalue weighted by molar-refractivity contribution is 7.26. The Morgan fingerprint density at radius 1 is 0.731 bits per heavy atom.